The van der Waals surface area contributed by atoms with E-state index in [0.717, 1.165) is 6.42 Å². The highest BCUT2D eigenvalue weighted by Crippen LogP contribution is 2.32. The SMILES string of the molecule is CC(O)(C1=CCCO1)c1cccc(F)c1. The van der Waals surface area contributed by atoms with Crippen LogP contribution >= 0.6 is 0 Å². The van der Waals surface area contributed by atoms with Crippen molar-refractivity contribution in [3.05, 3.63) is 47.5 Å². The molecular weight excluding hydrogens is 195 g/mol. The number of aliphatic hydroxyl groups is 1. The van der Waals surface area contributed by atoms with Gasteiger partial charge in [0.15, 0.2) is 0 Å². The fourth-order valence-corrected chi connectivity index (χ4v) is 1.69. The highest BCUT2D eigenvalue weighted by atomic mass is 19.1. The molecule has 2 nitrogen and oxygen atoms in total. The molecule has 0 bridgehead atoms. The van der Waals surface area contributed by atoms with Gasteiger partial charge in [0.05, 0.1) is 6.61 Å². The van der Waals surface area contributed by atoms with Crippen LogP contribution in [0.5, 0.6) is 0 Å². The fraction of sp³-hybridized carbons (Fsp3) is 0.333. The van der Waals surface area contributed by atoms with Gasteiger partial charge in [0, 0.05) is 6.42 Å². The smallest absolute Gasteiger partial charge is 0.143 e. The van der Waals surface area contributed by atoms with Gasteiger partial charge in [-0.1, -0.05) is 12.1 Å². The van der Waals surface area contributed by atoms with Crippen LogP contribution in [0.3, 0.4) is 0 Å². The summed E-state index contributed by atoms with van der Waals surface area (Å²) in [4.78, 5) is 0. The average Bonchev–Trinajstić information content (AvgIpc) is 2.71. The first kappa shape index (κ1) is 10.2. The normalized spacial score (nSPS) is 19.3. The van der Waals surface area contributed by atoms with Crippen LogP contribution in [0.25, 0.3) is 0 Å². The minimum Gasteiger partial charge on any atom is -0.495 e. The zero-order chi connectivity index (χ0) is 10.9. The van der Waals surface area contributed by atoms with E-state index in [1.165, 1.54) is 12.1 Å². The highest BCUT2D eigenvalue weighted by Gasteiger charge is 2.31. The Morgan fingerprint density at radius 3 is 2.87 bits per heavy atom. The van der Waals surface area contributed by atoms with E-state index in [-0.39, 0.29) is 5.82 Å². The Labute approximate surface area is 88.0 Å². The monoisotopic (exact) mass is 208 g/mol. The molecule has 1 unspecified atom stereocenters. The Kier molecular flexibility index (Phi) is 2.49. The zero-order valence-electron chi connectivity index (χ0n) is 8.53. The van der Waals surface area contributed by atoms with Crippen LogP contribution in [0.2, 0.25) is 0 Å². The van der Waals surface area contributed by atoms with Crippen LogP contribution < -0.4 is 0 Å². The van der Waals surface area contributed by atoms with E-state index in [1.54, 1.807) is 19.1 Å². The summed E-state index contributed by atoms with van der Waals surface area (Å²) in [5, 5.41) is 10.3. The maximum absolute atomic E-state index is 13.0. The Balaban J connectivity index is 2.36. The van der Waals surface area contributed by atoms with E-state index in [9.17, 15) is 9.50 Å². The van der Waals surface area contributed by atoms with Crippen molar-refractivity contribution in [3.8, 4) is 0 Å². The predicted octanol–water partition coefficient (Wildman–Crippen LogP) is 2.34. The van der Waals surface area contributed by atoms with E-state index in [0.29, 0.717) is 17.9 Å². The van der Waals surface area contributed by atoms with Gasteiger partial charge in [0.25, 0.3) is 0 Å². The van der Waals surface area contributed by atoms with Crippen LogP contribution in [0.1, 0.15) is 18.9 Å². The molecule has 15 heavy (non-hydrogen) atoms. The third-order valence-corrected chi connectivity index (χ3v) is 2.57. The molecule has 1 aromatic rings. The summed E-state index contributed by atoms with van der Waals surface area (Å²) >= 11 is 0. The summed E-state index contributed by atoms with van der Waals surface area (Å²) in [7, 11) is 0. The molecule has 1 aliphatic heterocycles. The third-order valence-electron chi connectivity index (χ3n) is 2.57. The lowest BCUT2D eigenvalue weighted by atomic mass is 9.93. The Morgan fingerprint density at radius 1 is 1.47 bits per heavy atom. The third kappa shape index (κ3) is 1.88. The van der Waals surface area contributed by atoms with Crippen molar-refractivity contribution in [2.45, 2.75) is 18.9 Å². The second kappa shape index (κ2) is 3.66. The highest BCUT2D eigenvalue weighted by molar-refractivity contribution is 5.30. The van der Waals surface area contributed by atoms with Gasteiger partial charge >= 0.3 is 0 Å². The lowest BCUT2D eigenvalue weighted by Gasteiger charge is -2.24. The number of hydrogen-bond donors (Lipinski definition) is 1. The second-order valence-electron chi connectivity index (χ2n) is 3.79. The Hall–Kier alpha value is -1.35. The molecule has 0 spiro atoms. The predicted molar refractivity (Wildman–Crippen MR) is 54.6 cm³/mol. The van der Waals surface area contributed by atoms with Crippen molar-refractivity contribution in [1.82, 2.24) is 0 Å². The van der Waals surface area contributed by atoms with Crippen LogP contribution in [0.4, 0.5) is 4.39 Å². The summed E-state index contributed by atoms with van der Waals surface area (Å²) in [6.45, 7) is 2.19. The van der Waals surface area contributed by atoms with Gasteiger partial charge in [-0.05, 0) is 30.7 Å². The molecule has 80 valence electrons. The van der Waals surface area contributed by atoms with Crippen LogP contribution in [0.15, 0.2) is 36.1 Å². The molecule has 1 aliphatic rings. The molecule has 2 rings (SSSR count). The number of halogens is 1. The molecule has 0 saturated carbocycles. The molecule has 0 fully saturated rings. The zero-order valence-corrected chi connectivity index (χ0v) is 8.53. The van der Waals surface area contributed by atoms with Crippen molar-refractivity contribution in [2.75, 3.05) is 6.61 Å². The molecule has 0 saturated heterocycles. The van der Waals surface area contributed by atoms with Gasteiger partial charge in [-0.25, -0.2) is 4.39 Å². The van der Waals surface area contributed by atoms with Crippen molar-refractivity contribution >= 4 is 0 Å². The van der Waals surface area contributed by atoms with Crippen LogP contribution in [0, 0.1) is 5.82 Å². The first-order valence-corrected chi connectivity index (χ1v) is 4.92. The van der Waals surface area contributed by atoms with Crippen LogP contribution in [-0.4, -0.2) is 11.7 Å². The molecular formula is C12H13FO2. The molecule has 0 aliphatic carbocycles. The van der Waals surface area contributed by atoms with Gasteiger partial charge < -0.3 is 9.84 Å². The van der Waals surface area contributed by atoms with Gasteiger partial charge in [-0.3, -0.25) is 0 Å². The fourth-order valence-electron chi connectivity index (χ4n) is 1.69. The first-order chi connectivity index (χ1) is 7.10. The Morgan fingerprint density at radius 2 is 2.27 bits per heavy atom. The lowest BCUT2D eigenvalue weighted by Crippen LogP contribution is -2.24. The molecule has 1 heterocycles. The van der Waals surface area contributed by atoms with Gasteiger partial charge in [-0.2, -0.15) is 0 Å². The largest absolute Gasteiger partial charge is 0.495 e. The van der Waals surface area contributed by atoms with Crippen molar-refractivity contribution < 1.29 is 14.2 Å². The minimum absolute atomic E-state index is 0.355. The molecule has 1 atom stereocenters. The van der Waals surface area contributed by atoms with Gasteiger partial charge in [-0.15, -0.1) is 0 Å². The minimum atomic E-state index is -1.24. The van der Waals surface area contributed by atoms with E-state index in [2.05, 4.69) is 0 Å². The van der Waals surface area contributed by atoms with Crippen molar-refractivity contribution in [2.24, 2.45) is 0 Å². The maximum Gasteiger partial charge on any atom is 0.143 e. The average molecular weight is 208 g/mol. The molecule has 1 N–H and O–H groups in total. The van der Waals surface area contributed by atoms with E-state index in [4.69, 9.17) is 4.74 Å². The van der Waals surface area contributed by atoms with Crippen molar-refractivity contribution in [3.63, 3.8) is 0 Å². The maximum atomic E-state index is 13.0. The summed E-state index contributed by atoms with van der Waals surface area (Å²) in [5.74, 6) is 0.152. The number of benzene rings is 1. The topological polar surface area (TPSA) is 29.5 Å². The molecule has 0 aromatic heterocycles. The standard InChI is InChI=1S/C12H13FO2/c1-12(14,11-6-3-7-15-11)9-4-2-5-10(13)8-9/h2,4-6,8,14H,3,7H2,1H3. The van der Waals surface area contributed by atoms with E-state index < -0.39 is 5.60 Å². The molecule has 1 aromatic carbocycles. The lowest BCUT2D eigenvalue weighted by molar-refractivity contribution is 0.0315. The summed E-state index contributed by atoms with van der Waals surface area (Å²) < 4.78 is 18.3. The van der Waals surface area contributed by atoms with Gasteiger partial charge in [0.1, 0.15) is 17.2 Å². The molecule has 0 radical (unpaired) electrons. The molecule has 0 amide bonds. The number of rotatable bonds is 2. The first-order valence-electron chi connectivity index (χ1n) is 4.92. The van der Waals surface area contributed by atoms with E-state index >= 15 is 0 Å². The summed E-state index contributed by atoms with van der Waals surface area (Å²) in [6, 6.07) is 5.94. The Bertz CT molecular complexity index is 396. The summed E-state index contributed by atoms with van der Waals surface area (Å²) in [5.41, 5.74) is -0.728. The van der Waals surface area contributed by atoms with Crippen LogP contribution in [-0.2, 0) is 10.3 Å². The van der Waals surface area contributed by atoms with Gasteiger partial charge in [0.2, 0.25) is 0 Å². The summed E-state index contributed by atoms with van der Waals surface area (Å²) in [6.07, 6.45) is 2.63. The van der Waals surface area contributed by atoms with E-state index in [1.807, 2.05) is 6.08 Å². The van der Waals surface area contributed by atoms with Crippen molar-refractivity contribution in [1.29, 1.82) is 0 Å². The number of ether oxygens (including phenoxy) is 1. The second-order valence-corrected chi connectivity index (χ2v) is 3.79. The molecule has 3 heteroatoms. The quantitative estimate of drug-likeness (QED) is 0.808. The number of hydrogen-bond acceptors (Lipinski definition) is 2.